The Labute approximate surface area is 176 Å². The van der Waals surface area contributed by atoms with Gasteiger partial charge in [0.05, 0.1) is 6.61 Å². The zero-order chi connectivity index (χ0) is 24.5. The number of phosphoric ester groups is 1. The third-order valence-electron chi connectivity index (χ3n) is 3.71. The van der Waals surface area contributed by atoms with Crippen molar-refractivity contribution < 1.29 is 61.4 Å². The fraction of sp³-hybridized carbons (Fsp3) is 0.600. The number of azide groups is 1. The summed E-state index contributed by atoms with van der Waals surface area (Å²) in [6, 6.07) is 1.34. The number of phosphoric acid groups is 3. The van der Waals surface area contributed by atoms with Crippen LogP contribution in [0.4, 0.5) is 0 Å². The monoisotopic (exact) mass is 523 g/mol. The highest BCUT2D eigenvalue weighted by Crippen LogP contribution is 2.66. The van der Waals surface area contributed by atoms with Crippen molar-refractivity contribution in [1.29, 1.82) is 0 Å². The van der Waals surface area contributed by atoms with Crippen molar-refractivity contribution in [2.75, 3.05) is 6.61 Å². The molecule has 22 heteroatoms. The van der Waals surface area contributed by atoms with E-state index in [1.165, 1.54) is 13.0 Å². The molecule has 1 aliphatic rings. The molecule has 6 N–H and O–H groups in total. The van der Waals surface area contributed by atoms with E-state index in [1.54, 1.807) is 0 Å². The first-order chi connectivity index (χ1) is 14.5. The molecule has 2 unspecified atom stereocenters. The average Bonchev–Trinajstić information content (AvgIpc) is 2.83. The second-order valence-corrected chi connectivity index (χ2v) is 10.5. The Bertz CT molecular complexity index is 1110. The quantitative estimate of drug-likeness (QED) is 0.0994. The number of hydrogen-bond acceptors (Lipinski definition) is 12. The number of aliphatic hydroxyl groups is 2. The maximum absolute atomic E-state index is 12.0. The number of aromatic nitrogens is 2. The second-order valence-electron chi connectivity index (χ2n) is 6.10. The van der Waals surface area contributed by atoms with Gasteiger partial charge >= 0.3 is 29.2 Å². The van der Waals surface area contributed by atoms with Crippen molar-refractivity contribution >= 4 is 23.5 Å². The van der Waals surface area contributed by atoms with Crippen molar-refractivity contribution in [2.45, 2.75) is 31.1 Å². The molecule has 2 rings (SSSR count). The third-order valence-corrected chi connectivity index (χ3v) is 7.49. The molecular weight excluding hydrogens is 507 g/mol. The second kappa shape index (κ2) is 9.38. The van der Waals surface area contributed by atoms with Gasteiger partial charge in [-0.1, -0.05) is 5.11 Å². The van der Waals surface area contributed by atoms with E-state index in [-0.39, 0.29) is 0 Å². The zero-order valence-corrected chi connectivity index (χ0v) is 18.3. The van der Waals surface area contributed by atoms with Crippen LogP contribution in [0, 0.1) is 6.92 Å². The van der Waals surface area contributed by atoms with Gasteiger partial charge in [-0.15, -0.1) is 0 Å². The van der Waals surface area contributed by atoms with Crippen LogP contribution in [0.25, 0.3) is 10.4 Å². The van der Waals surface area contributed by atoms with Gasteiger partial charge in [0.15, 0.2) is 6.23 Å². The lowest BCUT2D eigenvalue weighted by atomic mass is 10.1. The molecule has 180 valence electrons. The first-order valence-corrected chi connectivity index (χ1v) is 12.5. The highest BCUT2D eigenvalue weighted by molar-refractivity contribution is 7.66. The number of ether oxygens (including phenoxy) is 1. The summed E-state index contributed by atoms with van der Waals surface area (Å²) in [5, 5.41) is 23.6. The van der Waals surface area contributed by atoms with Gasteiger partial charge in [-0.05, 0) is 18.5 Å². The molecule has 0 radical (unpaired) electrons. The number of nitrogens with zero attached hydrogens (tertiary/aromatic N) is 5. The van der Waals surface area contributed by atoms with Crippen LogP contribution in [0.2, 0.25) is 0 Å². The molecule has 1 fully saturated rings. The normalized spacial score (nSPS) is 29.7. The third kappa shape index (κ3) is 6.51. The molecule has 0 saturated carbocycles. The summed E-state index contributed by atoms with van der Waals surface area (Å²) in [6.07, 6.45) is -4.74. The molecule has 6 atom stereocenters. The SMILES string of the molecule is Cc1ccn([C@@H]2O[C@@](COP(=O)(O)OP(=O)(O)OP(=O)(O)O)(N=[N+]=[N-])[C@@H](O)[C@@H]2O)c(=O)n1. The molecule has 32 heavy (non-hydrogen) atoms. The molecule has 0 bridgehead atoms. The van der Waals surface area contributed by atoms with Gasteiger partial charge < -0.3 is 34.5 Å². The van der Waals surface area contributed by atoms with E-state index in [1.807, 2.05) is 0 Å². The van der Waals surface area contributed by atoms with Crippen molar-refractivity contribution in [2.24, 2.45) is 5.11 Å². The Morgan fingerprint density at radius 1 is 1.25 bits per heavy atom. The van der Waals surface area contributed by atoms with Gasteiger partial charge in [-0.25, -0.2) is 18.5 Å². The van der Waals surface area contributed by atoms with Gasteiger partial charge in [-0.2, -0.15) is 13.6 Å². The molecule has 2 heterocycles. The van der Waals surface area contributed by atoms with Gasteiger partial charge in [0.2, 0.25) is 5.72 Å². The number of rotatable bonds is 9. The van der Waals surface area contributed by atoms with Crippen LogP contribution in [-0.4, -0.2) is 63.9 Å². The van der Waals surface area contributed by atoms with Crippen LogP contribution in [0.1, 0.15) is 11.9 Å². The minimum absolute atomic E-state index is 0.299. The fourth-order valence-corrected chi connectivity index (χ4v) is 5.51. The molecule has 19 nitrogen and oxygen atoms in total. The summed E-state index contributed by atoms with van der Waals surface area (Å²) in [4.78, 5) is 53.7. The van der Waals surface area contributed by atoms with E-state index >= 15 is 0 Å². The molecular formula is C10H16N5O14P3. The fourth-order valence-electron chi connectivity index (χ4n) is 2.47. The maximum atomic E-state index is 12.0. The molecule has 1 aromatic rings. The largest absolute Gasteiger partial charge is 0.490 e. The summed E-state index contributed by atoms with van der Waals surface area (Å²) < 4.78 is 51.2. The van der Waals surface area contributed by atoms with Crippen LogP contribution in [-0.2, 0) is 31.6 Å². The number of aliphatic hydroxyl groups excluding tert-OH is 2. The Kier molecular flexibility index (Phi) is 7.84. The van der Waals surface area contributed by atoms with Gasteiger partial charge in [0.25, 0.3) is 0 Å². The highest BCUT2D eigenvalue weighted by Gasteiger charge is 2.56. The maximum Gasteiger partial charge on any atom is 0.490 e. The first-order valence-electron chi connectivity index (χ1n) is 7.95. The lowest BCUT2D eigenvalue weighted by molar-refractivity contribution is -0.123. The molecule has 0 spiro atoms. The summed E-state index contributed by atoms with van der Waals surface area (Å²) in [5.74, 6) is 0. The van der Waals surface area contributed by atoms with Crippen molar-refractivity contribution in [3.63, 3.8) is 0 Å². The van der Waals surface area contributed by atoms with E-state index in [4.69, 9.17) is 24.9 Å². The Balaban J connectivity index is 2.28. The Hall–Kier alpha value is -1.52. The lowest BCUT2D eigenvalue weighted by Crippen LogP contribution is -2.44. The minimum Gasteiger partial charge on any atom is -0.387 e. The van der Waals surface area contributed by atoms with E-state index in [2.05, 4.69) is 28.2 Å². The van der Waals surface area contributed by atoms with Gasteiger partial charge in [-0.3, -0.25) is 9.09 Å². The van der Waals surface area contributed by atoms with Crippen LogP contribution < -0.4 is 5.69 Å². The highest BCUT2D eigenvalue weighted by atomic mass is 31.3. The summed E-state index contributed by atoms with van der Waals surface area (Å²) in [6.45, 7) is 0.0724. The van der Waals surface area contributed by atoms with Crippen LogP contribution in [0.15, 0.2) is 22.2 Å². The van der Waals surface area contributed by atoms with E-state index < -0.39 is 59.9 Å². The number of aryl methyl sites for hydroxylation is 1. The van der Waals surface area contributed by atoms with E-state index in [0.29, 0.717) is 10.3 Å². The number of hydrogen-bond donors (Lipinski definition) is 6. The average molecular weight is 523 g/mol. The van der Waals surface area contributed by atoms with Crippen molar-refractivity contribution in [3.8, 4) is 0 Å². The van der Waals surface area contributed by atoms with Gasteiger partial charge in [0.1, 0.15) is 12.2 Å². The van der Waals surface area contributed by atoms with Crippen LogP contribution >= 0.6 is 23.5 Å². The predicted molar refractivity (Wildman–Crippen MR) is 97.1 cm³/mol. The topological polar surface area (TPSA) is 293 Å². The van der Waals surface area contributed by atoms with Crippen molar-refractivity contribution in [3.05, 3.63) is 38.9 Å². The van der Waals surface area contributed by atoms with Gasteiger partial charge in [0, 0.05) is 16.8 Å². The van der Waals surface area contributed by atoms with E-state index in [0.717, 1.165) is 6.20 Å². The standard InChI is InChI=1S/C10H16N5O14P3/c1-5-2-3-15(9(18)12-5)8-6(16)7(17)10(27-8,13-14-11)4-26-31(22,23)29-32(24,25)28-30(19,20)21/h2-3,6-8,16-17H,4H2,1H3,(H,22,23)(H,24,25)(H2,19,20,21)/t6-,7-,8+,10+/m0/s1. The molecule has 1 aromatic heterocycles. The zero-order valence-electron chi connectivity index (χ0n) is 15.6. The van der Waals surface area contributed by atoms with Crippen LogP contribution in [0.3, 0.4) is 0 Å². The van der Waals surface area contributed by atoms with Crippen molar-refractivity contribution in [1.82, 2.24) is 9.55 Å². The lowest BCUT2D eigenvalue weighted by Gasteiger charge is -2.27. The Morgan fingerprint density at radius 2 is 1.88 bits per heavy atom. The molecule has 0 amide bonds. The Morgan fingerprint density at radius 3 is 2.41 bits per heavy atom. The molecule has 0 aliphatic carbocycles. The first kappa shape index (κ1) is 26.7. The smallest absolute Gasteiger partial charge is 0.387 e. The molecule has 1 saturated heterocycles. The van der Waals surface area contributed by atoms with E-state index in [9.17, 15) is 33.6 Å². The summed E-state index contributed by atoms with van der Waals surface area (Å²) >= 11 is 0. The predicted octanol–water partition coefficient (Wildman–Crippen LogP) is -0.848. The molecule has 1 aliphatic heterocycles. The summed E-state index contributed by atoms with van der Waals surface area (Å²) in [5.41, 5.74) is 5.47. The van der Waals surface area contributed by atoms with Crippen LogP contribution in [0.5, 0.6) is 0 Å². The molecule has 0 aromatic carbocycles. The minimum atomic E-state index is -5.84. The summed E-state index contributed by atoms with van der Waals surface area (Å²) in [7, 11) is -17.2.